The van der Waals surface area contributed by atoms with Gasteiger partial charge >= 0.3 is 6.18 Å². The molecule has 1 aromatic heterocycles. The molecule has 0 atom stereocenters. The first kappa shape index (κ1) is 15.0. The Labute approximate surface area is 120 Å². The first-order valence-corrected chi connectivity index (χ1v) is 6.14. The number of aromatic nitrogens is 1. The van der Waals surface area contributed by atoms with E-state index in [1.807, 2.05) is 19.0 Å². The van der Waals surface area contributed by atoms with Gasteiger partial charge in [0.15, 0.2) is 5.78 Å². The third kappa shape index (κ3) is 3.21. The SMILES string of the molecule is CN(C)c1ccc(C(=O)c2cnccc2C(F)(F)F)cc1. The normalized spacial score (nSPS) is 11.3. The fourth-order valence-electron chi connectivity index (χ4n) is 1.89. The van der Waals surface area contributed by atoms with Gasteiger partial charge in [0.2, 0.25) is 0 Å². The van der Waals surface area contributed by atoms with Crippen LogP contribution in [0, 0.1) is 0 Å². The van der Waals surface area contributed by atoms with Gasteiger partial charge in [-0.2, -0.15) is 13.2 Å². The molecule has 3 nitrogen and oxygen atoms in total. The summed E-state index contributed by atoms with van der Waals surface area (Å²) in [6.45, 7) is 0. The van der Waals surface area contributed by atoms with Gasteiger partial charge in [0.1, 0.15) is 0 Å². The zero-order valence-corrected chi connectivity index (χ0v) is 11.5. The molecule has 0 N–H and O–H groups in total. The summed E-state index contributed by atoms with van der Waals surface area (Å²) in [5, 5.41) is 0. The molecule has 1 heterocycles. The minimum atomic E-state index is -4.59. The van der Waals surface area contributed by atoms with Crippen LogP contribution in [0.1, 0.15) is 21.5 Å². The van der Waals surface area contributed by atoms with Crippen molar-refractivity contribution in [1.82, 2.24) is 4.98 Å². The lowest BCUT2D eigenvalue weighted by atomic mass is 10.00. The van der Waals surface area contributed by atoms with Gasteiger partial charge in [0.25, 0.3) is 0 Å². The van der Waals surface area contributed by atoms with Gasteiger partial charge in [-0.1, -0.05) is 0 Å². The number of carbonyl (C=O) groups excluding carboxylic acids is 1. The number of carbonyl (C=O) groups is 1. The van der Waals surface area contributed by atoms with Crippen LogP contribution < -0.4 is 4.90 Å². The van der Waals surface area contributed by atoms with E-state index in [9.17, 15) is 18.0 Å². The van der Waals surface area contributed by atoms with Crippen LogP contribution >= 0.6 is 0 Å². The first-order chi connectivity index (χ1) is 9.80. The Hall–Kier alpha value is -2.37. The van der Waals surface area contributed by atoms with Crippen LogP contribution in [0.3, 0.4) is 0 Å². The zero-order chi connectivity index (χ0) is 15.6. The Balaban J connectivity index is 2.41. The minimum absolute atomic E-state index is 0.194. The molecule has 0 radical (unpaired) electrons. The van der Waals surface area contributed by atoms with Crippen LogP contribution in [0.4, 0.5) is 18.9 Å². The second-order valence-electron chi connectivity index (χ2n) is 4.69. The molecule has 110 valence electrons. The molecule has 0 fully saturated rings. The maximum Gasteiger partial charge on any atom is 0.417 e. The number of hydrogen-bond donors (Lipinski definition) is 0. The van der Waals surface area contributed by atoms with E-state index in [-0.39, 0.29) is 5.56 Å². The smallest absolute Gasteiger partial charge is 0.378 e. The molecule has 6 heteroatoms. The van der Waals surface area contributed by atoms with Crippen molar-refractivity contribution in [2.24, 2.45) is 0 Å². The van der Waals surface area contributed by atoms with Crippen molar-refractivity contribution in [1.29, 1.82) is 0 Å². The number of ketones is 1. The van der Waals surface area contributed by atoms with Crippen molar-refractivity contribution in [2.75, 3.05) is 19.0 Å². The number of rotatable bonds is 3. The maximum absolute atomic E-state index is 12.9. The number of anilines is 1. The van der Waals surface area contributed by atoms with E-state index in [1.54, 1.807) is 12.1 Å². The summed E-state index contributed by atoms with van der Waals surface area (Å²) in [6, 6.07) is 7.17. The van der Waals surface area contributed by atoms with Crippen molar-refractivity contribution in [2.45, 2.75) is 6.18 Å². The summed E-state index contributed by atoms with van der Waals surface area (Å²) in [5.74, 6) is -0.694. The molecule has 1 aromatic carbocycles. The third-order valence-electron chi connectivity index (χ3n) is 3.02. The van der Waals surface area contributed by atoms with Crippen molar-refractivity contribution >= 4 is 11.5 Å². The Morgan fingerprint density at radius 3 is 2.24 bits per heavy atom. The fourth-order valence-corrected chi connectivity index (χ4v) is 1.89. The Morgan fingerprint density at radius 1 is 1.10 bits per heavy atom. The number of pyridine rings is 1. The average Bonchev–Trinajstić information content (AvgIpc) is 2.45. The predicted molar refractivity (Wildman–Crippen MR) is 73.4 cm³/mol. The summed E-state index contributed by atoms with van der Waals surface area (Å²) in [4.78, 5) is 17.7. The molecule has 21 heavy (non-hydrogen) atoms. The molecular formula is C15H13F3N2O. The summed E-state index contributed by atoms with van der Waals surface area (Å²) < 4.78 is 38.7. The Morgan fingerprint density at radius 2 is 1.71 bits per heavy atom. The van der Waals surface area contributed by atoms with Gasteiger partial charge in [0.05, 0.1) is 11.1 Å². The number of hydrogen-bond acceptors (Lipinski definition) is 3. The van der Waals surface area contributed by atoms with Crippen LogP contribution in [0.25, 0.3) is 0 Å². The molecule has 0 spiro atoms. The highest BCUT2D eigenvalue weighted by molar-refractivity contribution is 6.10. The molecule has 0 aliphatic heterocycles. The molecule has 0 aliphatic rings. The zero-order valence-electron chi connectivity index (χ0n) is 11.5. The van der Waals surface area contributed by atoms with Crippen molar-refractivity contribution < 1.29 is 18.0 Å². The van der Waals surface area contributed by atoms with E-state index in [2.05, 4.69) is 4.98 Å². The predicted octanol–water partition coefficient (Wildman–Crippen LogP) is 3.40. The summed E-state index contributed by atoms with van der Waals surface area (Å²) in [6.07, 6.45) is -2.61. The lowest BCUT2D eigenvalue weighted by molar-refractivity contribution is -0.137. The van der Waals surface area contributed by atoms with E-state index < -0.39 is 23.1 Å². The highest BCUT2D eigenvalue weighted by Gasteiger charge is 2.35. The van der Waals surface area contributed by atoms with Crippen molar-refractivity contribution in [3.8, 4) is 0 Å². The van der Waals surface area contributed by atoms with Gasteiger partial charge in [-0.25, -0.2) is 0 Å². The van der Waals surface area contributed by atoms with Gasteiger partial charge in [-0.15, -0.1) is 0 Å². The quantitative estimate of drug-likeness (QED) is 0.813. The maximum atomic E-state index is 12.9. The van der Waals surface area contributed by atoms with Gasteiger partial charge in [0, 0.05) is 37.7 Å². The van der Waals surface area contributed by atoms with E-state index in [0.717, 1.165) is 24.1 Å². The topological polar surface area (TPSA) is 33.2 Å². The lowest BCUT2D eigenvalue weighted by Crippen LogP contribution is -2.14. The van der Waals surface area contributed by atoms with Gasteiger partial charge < -0.3 is 4.90 Å². The third-order valence-corrected chi connectivity index (χ3v) is 3.02. The van der Waals surface area contributed by atoms with Crippen LogP contribution in [0.5, 0.6) is 0 Å². The molecule has 2 aromatic rings. The van der Waals surface area contributed by atoms with Crippen LogP contribution in [0.2, 0.25) is 0 Å². The van der Waals surface area contributed by atoms with Crippen molar-refractivity contribution in [3.63, 3.8) is 0 Å². The van der Waals surface area contributed by atoms with Gasteiger partial charge in [-0.05, 0) is 30.3 Å². The lowest BCUT2D eigenvalue weighted by Gasteiger charge is -2.13. The molecule has 0 unspecified atom stereocenters. The van der Waals surface area contributed by atoms with E-state index in [0.29, 0.717) is 0 Å². The van der Waals surface area contributed by atoms with E-state index in [1.165, 1.54) is 12.1 Å². The number of nitrogens with zero attached hydrogens (tertiary/aromatic N) is 2. The molecule has 0 aliphatic carbocycles. The monoisotopic (exact) mass is 294 g/mol. The van der Waals surface area contributed by atoms with Crippen molar-refractivity contribution in [3.05, 3.63) is 59.4 Å². The van der Waals surface area contributed by atoms with E-state index in [4.69, 9.17) is 0 Å². The molecule has 0 bridgehead atoms. The summed E-state index contributed by atoms with van der Waals surface area (Å²) in [7, 11) is 3.67. The Bertz CT molecular complexity index is 649. The van der Waals surface area contributed by atoms with Crippen LogP contribution in [-0.4, -0.2) is 24.9 Å². The largest absolute Gasteiger partial charge is 0.417 e. The molecule has 2 rings (SSSR count). The second-order valence-corrected chi connectivity index (χ2v) is 4.69. The molecular weight excluding hydrogens is 281 g/mol. The minimum Gasteiger partial charge on any atom is -0.378 e. The number of halogens is 3. The number of alkyl halides is 3. The molecule has 0 amide bonds. The fraction of sp³-hybridized carbons (Fsp3) is 0.200. The van der Waals surface area contributed by atoms with Crippen LogP contribution in [-0.2, 0) is 6.18 Å². The standard InChI is InChI=1S/C15H13F3N2O/c1-20(2)11-5-3-10(4-6-11)14(21)12-9-19-8-7-13(12)15(16,17)18/h3-9H,1-2H3. The Kier molecular flexibility index (Phi) is 3.97. The highest BCUT2D eigenvalue weighted by Crippen LogP contribution is 2.32. The van der Waals surface area contributed by atoms with Gasteiger partial charge in [-0.3, -0.25) is 9.78 Å². The summed E-state index contributed by atoms with van der Waals surface area (Å²) >= 11 is 0. The van der Waals surface area contributed by atoms with Crippen LogP contribution in [0.15, 0.2) is 42.7 Å². The second kappa shape index (κ2) is 5.55. The van der Waals surface area contributed by atoms with E-state index >= 15 is 0 Å². The first-order valence-electron chi connectivity index (χ1n) is 6.14. The highest BCUT2D eigenvalue weighted by atomic mass is 19.4. The molecule has 0 saturated heterocycles. The molecule has 0 saturated carbocycles. The average molecular weight is 294 g/mol. The summed E-state index contributed by atoms with van der Waals surface area (Å²) in [5.41, 5.74) is -0.366. The number of benzene rings is 1.